The predicted molar refractivity (Wildman–Crippen MR) is 57.0 cm³/mol. The zero-order chi connectivity index (χ0) is 10.1. The maximum absolute atomic E-state index is 4.43. The Morgan fingerprint density at radius 2 is 2.29 bits per heavy atom. The van der Waals surface area contributed by atoms with E-state index < -0.39 is 0 Å². The highest BCUT2D eigenvalue weighted by Crippen LogP contribution is 2.40. The Morgan fingerprint density at radius 3 is 2.86 bits per heavy atom. The second-order valence-corrected chi connectivity index (χ2v) is 4.03. The summed E-state index contributed by atoms with van der Waals surface area (Å²) in [5.74, 6) is 1.63. The van der Waals surface area contributed by atoms with E-state index in [1.165, 1.54) is 18.5 Å². The van der Waals surface area contributed by atoms with Crippen molar-refractivity contribution in [1.82, 2.24) is 14.7 Å². The Labute approximate surface area is 84.2 Å². The fraction of sp³-hybridized carbons (Fsp3) is 0.600. The number of rotatable bonds is 3. The first-order valence-electron chi connectivity index (χ1n) is 4.91. The van der Waals surface area contributed by atoms with Gasteiger partial charge in [0.05, 0.1) is 12.0 Å². The second-order valence-electron chi connectivity index (χ2n) is 4.03. The van der Waals surface area contributed by atoms with E-state index in [-0.39, 0.29) is 0 Å². The summed E-state index contributed by atoms with van der Waals surface area (Å²) in [5, 5.41) is 4.43. The molecule has 0 aliphatic heterocycles. The summed E-state index contributed by atoms with van der Waals surface area (Å²) in [6.45, 7) is 0. The normalized spacial score (nSPS) is 16.5. The highest BCUT2D eigenvalue weighted by atomic mass is 15.3. The highest BCUT2D eigenvalue weighted by molar-refractivity contribution is 5.59. The lowest BCUT2D eigenvalue weighted by Crippen LogP contribution is -2.07. The minimum absolute atomic E-state index is 0.699. The van der Waals surface area contributed by atoms with Crippen molar-refractivity contribution in [3.63, 3.8) is 0 Å². The van der Waals surface area contributed by atoms with Gasteiger partial charge in [-0.05, 0) is 12.8 Å². The second kappa shape index (κ2) is 3.44. The van der Waals surface area contributed by atoms with Crippen molar-refractivity contribution in [2.24, 2.45) is 12.0 Å². The van der Waals surface area contributed by atoms with Crippen LogP contribution < -0.4 is 0 Å². The zero-order valence-corrected chi connectivity index (χ0v) is 8.94. The van der Waals surface area contributed by atoms with Gasteiger partial charge < -0.3 is 4.90 Å². The van der Waals surface area contributed by atoms with Crippen molar-refractivity contribution < 1.29 is 0 Å². The minimum atomic E-state index is 0.699. The molecule has 0 spiro atoms. The SMILES string of the molecule is CN(C)/C=N/c1cc(C2CC2)nn1C. The van der Waals surface area contributed by atoms with Gasteiger partial charge in [-0.15, -0.1) is 0 Å². The predicted octanol–water partition coefficient (Wildman–Crippen LogP) is 1.52. The maximum Gasteiger partial charge on any atom is 0.152 e. The molecule has 4 heteroatoms. The van der Waals surface area contributed by atoms with Crippen molar-refractivity contribution in [1.29, 1.82) is 0 Å². The van der Waals surface area contributed by atoms with Crippen LogP contribution in [0.3, 0.4) is 0 Å². The first-order valence-corrected chi connectivity index (χ1v) is 4.91. The number of hydrogen-bond acceptors (Lipinski definition) is 2. The third-order valence-electron chi connectivity index (χ3n) is 2.29. The molecule has 0 radical (unpaired) electrons. The molecule has 1 saturated carbocycles. The molecule has 1 aliphatic carbocycles. The molecule has 0 bridgehead atoms. The van der Waals surface area contributed by atoms with E-state index >= 15 is 0 Å². The van der Waals surface area contributed by atoms with Gasteiger partial charge >= 0.3 is 0 Å². The van der Waals surface area contributed by atoms with Gasteiger partial charge in [0.1, 0.15) is 0 Å². The van der Waals surface area contributed by atoms with Crippen LogP contribution in [0.4, 0.5) is 5.82 Å². The molecule has 76 valence electrons. The summed E-state index contributed by atoms with van der Waals surface area (Å²) in [7, 11) is 5.86. The Morgan fingerprint density at radius 1 is 1.57 bits per heavy atom. The van der Waals surface area contributed by atoms with Crippen LogP contribution in [0.2, 0.25) is 0 Å². The van der Waals surface area contributed by atoms with E-state index in [9.17, 15) is 0 Å². The molecule has 0 unspecified atom stereocenters. The lowest BCUT2D eigenvalue weighted by Gasteiger charge is -2.01. The molecule has 1 aromatic heterocycles. The quantitative estimate of drug-likeness (QED) is 0.537. The van der Waals surface area contributed by atoms with Crippen LogP contribution in [0.15, 0.2) is 11.1 Å². The molecule has 4 nitrogen and oxygen atoms in total. The maximum atomic E-state index is 4.43. The fourth-order valence-electron chi connectivity index (χ4n) is 1.35. The van der Waals surface area contributed by atoms with Crippen LogP contribution >= 0.6 is 0 Å². The van der Waals surface area contributed by atoms with E-state index in [4.69, 9.17) is 0 Å². The van der Waals surface area contributed by atoms with Gasteiger partial charge in [0.25, 0.3) is 0 Å². The Kier molecular flexibility index (Phi) is 2.27. The molecule has 0 N–H and O–H groups in total. The molecule has 0 saturated heterocycles. The fourth-order valence-corrected chi connectivity index (χ4v) is 1.35. The van der Waals surface area contributed by atoms with Gasteiger partial charge in [-0.3, -0.25) is 4.68 Å². The smallest absolute Gasteiger partial charge is 0.152 e. The standard InChI is InChI=1S/C10H16N4/c1-13(2)7-11-10-6-9(8-4-5-8)12-14(10)3/h6-8H,4-5H2,1-3H3/b11-7+. The lowest BCUT2D eigenvalue weighted by molar-refractivity contribution is 0.641. The van der Waals surface area contributed by atoms with Crippen molar-refractivity contribution in [2.45, 2.75) is 18.8 Å². The van der Waals surface area contributed by atoms with Gasteiger partial charge in [-0.1, -0.05) is 0 Å². The molecular formula is C10H16N4. The summed E-state index contributed by atoms with van der Waals surface area (Å²) < 4.78 is 1.84. The molecule has 1 heterocycles. The van der Waals surface area contributed by atoms with Crippen molar-refractivity contribution in [3.05, 3.63) is 11.8 Å². The van der Waals surface area contributed by atoms with Crippen LogP contribution in [0.1, 0.15) is 24.5 Å². The highest BCUT2D eigenvalue weighted by Gasteiger charge is 2.26. The number of aromatic nitrogens is 2. The van der Waals surface area contributed by atoms with Gasteiger partial charge in [0.2, 0.25) is 0 Å². The van der Waals surface area contributed by atoms with E-state index in [1.807, 2.05) is 30.7 Å². The van der Waals surface area contributed by atoms with Crippen molar-refractivity contribution in [3.8, 4) is 0 Å². The number of aryl methyl sites for hydroxylation is 1. The molecule has 0 amide bonds. The van der Waals surface area contributed by atoms with Crippen LogP contribution in [0.25, 0.3) is 0 Å². The van der Waals surface area contributed by atoms with Gasteiger partial charge in [0.15, 0.2) is 5.82 Å². The number of aliphatic imine (C=N–C) groups is 1. The van der Waals surface area contributed by atoms with Crippen LogP contribution in [0.5, 0.6) is 0 Å². The summed E-state index contributed by atoms with van der Waals surface area (Å²) >= 11 is 0. The van der Waals surface area contributed by atoms with E-state index in [0.29, 0.717) is 5.92 Å². The summed E-state index contributed by atoms with van der Waals surface area (Å²) in [4.78, 5) is 6.26. The van der Waals surface area contributed by atoms with E-state index in [1.54, 1.807) is 6.34 Å². The van der Waals surface area contributed by atoms with Gasteiger partial charge in [-0.25, -0.2) is 4.99 Å². The van der Waals surface area contributed by atoms with E-state index in [2.05, 4.69) is 16.2 Å². The molecule has 0 atom stereocenters. The molecule has 1 fully saturated rings. The van der Waals surface area contributed by atoms with Gasteiger partial charge in [-0.2, -0.15) is 5.10 Å². The van der Waals surface area contributed by atoms with Crippen LogP contribution in [-0.4, -0.2) is 35.1 Å². The summed E-state index contributed by atoms with van der Waals surface area (Å²) in [6, 6.07) is 2.08. The lowest BCUT2D eigenvalue weighted by atomic mass is 10.3. The van der Waals surface area contributed by atoms with E-state index in [0.717, 1.165) is 5.82 Å². The van der Waals surface area contributed by atoms with Gasteiger partial charge in [0, 0.05) is 33.1 Å². The average molecular weight is 192 g/mol. The third-order valence-corrected chi connectivity index (χ3v) is 2.29. The molecule has 1 aromatic rings. The summed E-state index contributed by atoms with van der Waals surface area (Å²) in [6.07, 6.45) is 4.37. The molecule has 0 aromatic carbocycles. The van der Waals surface area contributed by atoms with Crippen LogP contribution in [0, 0.1) is 0 Å². The minimum Gasteiger partial charge on any atom is -0.369 e. The molecule has 14 heavy (non-hydrogen) atoms. The molecular weight excluding hydrogens is 176 g/mol. The molecule has 1 aliphatic rings. The monoisotopic (exact) mass is 192 g/mol. The summed E-state index contributed by atoms with van der Waals surface area (Å²) in [5.41, 5.74) is 1.19. The zero-order valence-electron chi connectivity index (χ0n) is 8.94. The van der Waals surface area contributed by atoms with Crippen molar-refractivity contribution >= 4 is 12.2 Å². The Balaban J connectivity index is 2.16. The topological polar surface area (TPSA) is 33.4 Å². The average Bonchev–Trinajstić information content (AvgIpc) is 2.88. The number of nitrogens with zero attached hydrogens (tertiary/aromatic N) is 4. The third kappa shape index (κ3) is 1.95. The Bertz CT molecular complexity index is 347. The number of hydrogen-bond donors (Lipinski definition) is 0. The first kappa shape index (κ1) is 9.24. The molecule has 2 rings (SSSR count). The van der Waals surface area contributed by atoms with Crippen LogP contribution in [-0.2, 0) is 7.05 Å². The Hall–Kier alpha value is -1.32. The first-order chi connectivity index (χ1) is 6.66. The van der Waals surface area contributed by atoms with Crippen molar-refractivity contribution in [2.75, 3.05) is 14.1 Å². The largest absolute Gasteiger partial charge is 0.369 e.